The van der Waals surface area contributed by atoms with E-state index in [2.05, 4.69) is 17.7 Å². The van der Waals surface area contributed by atoms with E-state index in [1.54, 1.807) is 0 Å². The van der Waals surface area contributed by atoms with Crippen LogP contribution in [0, 0.1) is 0 Å². The highest BCUT2D eigenvalue weighted by molar-refractivity contribution is 6.33. The summed E-state index contributed by atoms with van der Waals surface area (Å²) in [5, 5.41) is 0.649. The molecule has 0 amide bonds. The molecule has 0 aliphatic carbocycles. The Morgan fingerprint density at radius 1 is 1.00 bits per heavy atom. The quantitative estimate of drug-likeness (QED) is 0.313. The van der Waals surface area contributed by atoms with Gasteiger partial charge in [-0.25, -0.2) is 4.79 Å². The molecular formula is C28H29ClO6. The van der Waals surface area contributed by atoms with E-state index in [0.717, 1.165) is 40.2 Å². The zero-order valence-electron chi connectivity index (χ0n) is 19.9. The Kier molecular flexibility index (Phi) is 8.29. The van der Waals surface area contributed by atoms with Crippen LogP contribution in [0.3, 0.4) is 0 Å². The lowest BCUT2D eigenvalue weighted by Crippen LogP contribution is -2.49. The number of methoxy groups -OCH3 is 1. The van der Waals surface area contributed by atoms with Gasteiger partial charge in [0.15, 0.2) is 0 Å². The van der Waals surface area contributed by atoms with Crippen molar-refractivity contribution < 1.29 is 28.5 Å². The van der Waals surface area contributed by atoms with Crippen LogP contribution in [0.25, 0.3) is 11.1 Å². The summed E-state index contributed by atoms with van der Waals surface area (Å²) in [6.07, 6.45) is 0.947. The van der Waals surface area contributed by atoms with Crippen LogP contribution in [0.1, 0.15) is 24.5 Å². The predicted octanol–water partition coefficient (Wildman–Crippen LogP) is 5.79. The van der Waals surface area contributed by atoms with E-state index in [-0.39, 0.29) is 6.61 Å². The van der Waals surface area contributed by atoms with Crippen LogP contribution < -0.4 is 9.47 Å². The highest BCUT2D eigenvalue weighted by atomic mass is 35.5. The predicted molar refractivity (Wildman–Crippen MR) is 134 cm³/mol. The molecule has 7 heteroatoms. The minimum absolute atomic E-state index is 0.118. The summed E-state index contributed by atoms with van der Waals surface area (Å²) in [7, 11) is 1.34. The largest absolute Gasteiger partial charge is 0.494 e. The molecule has 6 nitrogen and oxygen atoms in total. The molecule has 4 rings (SSSR count). The Balaban J connectivity index is 1.39. The first-order chi connectivity index (χ1) is 17.0. The minimum atomic E-state index is -0.628. The molecule has 0 N–H and O–H groups in total. The highest BCUT2D eigenvalue weighted by Gasteiger charge is 2.42. The van der Waals surface area contributed by atoms with Crippen LogP contribution in [-0.2, 0) is 31.2 Å². The smallest absolute Gasteiger partial charge is 0.331 e. The summed E-state index contributed by atoms with van der Waals surface area (Å²) < 4.78 is 27.5. The highest BCUT2D eigenvalue weighted by Crippen LogP contribution is 2.35. The molecular weight excluding hydrogens is 468 g/mol. The topological polar surface area (TPSA) is 63.2 Å². The van der Waals surface area contributed by atoms with Crippen LogP contribution in [0.5, 0.6) is 11.5 Å². The summed E-state index contributed by atoms with van der Waals surface area (Å²) in [4.78, 5) is 11.5. The van der Waals surface area contributed by atoms with E-state index in [4.69, 9.17) is 30.5 Å². The maximum Gasteiger partial charge on any atom is 0.331 e. The van der Waals surface area contributed by atoms with Gasteiger partial charge in [0.05, 0.1) is 32.0 Å². The SMILES string of the molecule is CCCOc1ccc(-c2cccc(COc3ccc(C4(OCC(=O)OC)COC4)cc3)c2)c(Cl)c1. The van der Waals surface area contributed by atoms with Crippen molar-refractivity contribution in [2.24, 2.45) is 0 Å². The molecule has 3 aromatic rings. The van der Waals surface area contributed by atoms with Gasteiger partial charge >= 0.3 is 5.97 Å². The van der Waals surface area contributed by atoms with Gasteiger partial charge in [-0.05, 0) is 59.5 Å². The van der Waals surface area contributed by atoms with Gasteiger partial charge in [0, 0.05) is 5.56 Å². The van der Waals surface area contributed by atoms with Crippen molar-refractivity contribution in [1.29, 1.82) is 0 Å². The van der Waals surface area contributed by atoms with Crippen molar-refractivity contribution in [2.75, 3.05) is 33.5 Å². The van der Waals surface area contributed by atoms with Crippen LogP contribution >= 0.6 is 11.6 Å². The van der Waals surface area contributed by atoms with Crippen molar-refractivity contribution >= 4 is 17.6 Å². The third kappa shape index (κ3) is 6.14. The van der Waals surface area contributed by atoms with Gasteiger partial charge in [-0.2, -0.15) is 0 Å². The monoisotopic (exact) mass is 496 g/mol. The van der Waals surface area contributed by atoms with Gasteiger partial charge in [-0.15, -0.1) is 0 Å². The van der Waals surface area contributed by atoms with Gasteiger partial charge in [-0.1, -0.05) is 48.9 Å². The van der Waals surface area contributed by atoms with Crippen molar-refractivity contribution in [3.05, 3.63) is 82.9 Å². The average molecular weight is 497 g/mol. The second kappa shape index (κ2) is 11.6. The van der Waals surface area contributed by atoms with Crippen molar-refractivity contribution in [2.45, 2.75) is 25.6 Å². The van der Waals surface area contributed by atoms with Crippen LogP contribution in [0.4, 0.5) is 0 Å². The molecule has 0 unspecified atom stereocenters. The lowest BCUT2D eigenvalue weighted by Gasteiger charge is -2.41. The molecule has 0 saturated carbocycles. The van der Waals surface area contributed by atoms with Gasteiger partial charge < -0.3 is 23.7 Å². The lowest BCUT2D eigenvalue weighted by molar-refractivity contribution is -0.220. The molecule has 1 heterocycles. The van der Waals surface area contributed by atoms with Crippen molar-refractivity contribution in [3.63, 3.8) is 0 Å². The first-order valence-electron chi connectivity index (χ1n) is 11.6. The fraction of sp³-hybridized carbons (Fsp3) is 0.321. The fourth-order valence-corrected chi connectivity index (χ4v) is 4.05. The second-order valence-electron chi connectivity index (χ2n) is 8.36. The fourth-order valence-electron chi connectivity index (χ4n) is 3.77. The molecule has 1 aliphatic rings. The maximum atomic E-state index is 11.5. The summed E-state index contributed by atoms with van der Waals surface area (Å²) in [6, 6.07) is 21.6. The van der Waals surface area contributed by atoms with E-state index < -0.39 is 11.6 Å². The van der Waals surface area contributed by atoms with Crippen LogP contribution in [-0.4, -0.2) is 39.5 Å². The van der Waals surface area contributed by atoms with Gasteiger partial charge in [-0.3, -0.25) is 0 Å². The third-order valence-corrected chi connectivity index (χ3v) is 6.11. The molecule has 3 aromatic carbocycles. The number of hydrogen-bond acceptors (Lipinski definition) is 6. The zero-order chi connectivity index (χ0) is 24.7. The van der Waals surface area contributed by atoms with Crippen molar-refractivity contribution in [3.8, 4) is 22.6 Å². The number of esters is 1. The minimum Gasteiger partial charge on any atom is -0.494 e. The molecule has 0 radical (unpaired) electrons. The molecule has 1 fully saturated rings. The number of rotatable bonds is 11. The summed E-state index contributed by atoms with van der Waals surface area (Å²) in [5.74, 6) is 1.09. The van der Waals surface area contributed by atoms with Crippen molar-refractivity contribution in [1.82, 2.24) is 0 Å². The number of benzene rings is 3. The van der Waals surface area contributed by atoms with E-state index in [9.17, 15) is 4.79 Å². The van der Waals surface area contributed by atoms with E-state index in [1.165, 1.54) is 7.11 Å². The van der Waals surface area contributed by atoms with Gasteiger partial charge in [0.2, 0.25) is 0 Å². The molecule has 1 saturated heterocycles. The zero-order valence-corrected chi connectivity index (χ0v) is 20.7. The lowest BCUT2D eigenvalue weighted by atomic mass is 9.91. The Labute approximate surface area is 210 Å². The Hall–Kier alpha value is -3.06. The molecule has 0 spiro atoms. The van der Waals surface area contributed by atoms with E-state index in [1.807, 2.05) is 60.7 Å². The number of carbonyl (C=O) groups excluding carboxylic acids is 1. The summed E-state index contributed by atoms with van der Waals surface area (Å²) in [5.41, 5.74) is 3.30. The number of hydrogen-bond donors (Lipinski definition) is 0. The molecule has 35 heavy (non-hydrogen) atoms. The normalized spacial score (nSPS) is 14.1. The Morgan fingerprint density at radius 3 is 2.43 bits per heavy atom. The number of ether oxygens (including phenoxy) is 5. The molecule has 0 aromatic heterocycles. The molecule has 184 valence electrons. The number of halogens is 1. The molecule has 0 bridgehead atoms. The Morgan fingerprint density at radius 2 is 1.77 bits per heavy atom. The number of carbonyl (C=O) groups is 1. The van der Waals surface area contributed by atoms with E-state index in [0.29, 0.717) is 31.5 Å². The van der Waals surface area contributed by atoms with E-state index >= 15 is 0 Å². The third-order valence-electron chi connectivity index (χ3n) is 5.80. The first kappa shape index (κ1) is 25.0. The van der Waals surface area contributed by atoms with Gasteiger partial charge in [0.25, 0.3) is 0 Å². The molecule has 1 aliphatic heterocycles. The van der Waals surface area contributed by atoms with Gasteiger partial charge in [0.1, 0.15) is 30.3 Å². The average Bonchev–Trinajstić information content (AvgIpc) is 2.86. The van der Waals surface area contributed by atoms with Crippen LogP contribution in [0.2, 0.25) is 5.02 Å². The summed E-state index contributed by atoms with van der Waals surface area (Å²) in [6.45, 7) is 3.82. The maximum absolute atomic E-state index is 11.5. The Bertz CT molecular complexity index is 1140. The molecule has 0 atom stereocenters. The standard InChI is InChI=1S/C28H29ClO6/c1-3-13-33-24-11-12-25(26(29)15-24)21-6-4-5-20(14-21)16-34-23-9-7-22(8-10-23)28(18-32-19-28)35-17-27(30)31-2/h4-12,14-15H,3,13,16-19H2,1-2H3. The first-order valence-corrected chi connectivity index (χ1v) is 11.9. The summed E-state index contributed by atoms with van der Waals surface area (Å²) >= 11 is 6.53. The second-order valence-corrected chi connectivity index (χ2v) is 8.76. The van der Waals surface area contributed by atoms with Crippen LogP contribution in [0.15, 0.2) is 66.7 Å².